The molecule has 7 N–H and O–H groups in total. The number of hydrogen-bond donors (Lipinski definition) is 5. The molecule has 0 bridgehead atoms. The Kier molecular flexibility index (Phi) is 20.8. The average Bonchev–Trinajstić information content (AvgIpc) is 4.01. The number of ether oxygens (including phenoxy) is 2. The quantitative estimate of drug-likeness (QED) is 0.0932. The molecule has 2 aliphatic carbocycles. The summed E-state index contributed by atoms with van der Waals surface area (Å²) in [5, 5.41) is 4.44. The van der Waals surface area contributed by atoms with E-state index in [-0.39, 0.29) is 46.5 Å². The van der Waals surface area contributed by atoms with Gasteiger partial charge in [-0.25, -0.2) is 13.2 Å². The number of amides is 4. The number of pyridine rings is 1. The number of hydrogen-bond acceptors (Lipinski definition) is 9. The normalized spacial score (nSPS) is 17.5. The van der Waals surface area contributed by atoms with E-state index in [4.69, 9.17) is 27.8 Å². The van der Waals surface area contributed by atoms with Gasteiger partial charge >= 0.3 is 6.09 Å². The van der Waals surface area contributed by atoms with Gasteiger partial charge in [-0.2, -0.15) is 0 Å². The van der Waals surface area contributed by atoms with E-state index in [1.165, 1.54) is 0 Å². The Balaban J connectivity index is 0.000000712. The highest BCUT2D eigenvalue weighted by Gasteiger charge is 2.52. The predicted molar refractivity (Wildman–Crippen MR) is 219 cm³/mol. The number of fused-ring (bicyclic) bond motifs is 1. The van der Waals surface area contributed by atoms with Crippen LogP contribution >= 0.6 is 11.6 Å². The Hall–Kier alpha value is -4.11. The molecule has 2 fully saturated rings. The summed E-state index contributed by atoms with van der Waals surface area (Å²) < 4.78 is 34.5. The van der Waals surface area contributed by atoms with Gasteiger partial charge in [-0.15, -0.1) is 6.58 Å². The Morgan fingerprint density at radius 1 is 1.11 bits per heavy atom. The molecule has 14 nitrogen and oxygen atoms in total. The molecule has 0 radical (unpaired) electrons. The van der Waals surface area contributed by atoms with Crippen molar-refractivity contribution in [3.8, 4) is 5.75 Å². The van der Waals surface area contributed by atoms with Crippen molar-refractivity contribution < 1.29 is 37.1 Å². The third-order valence-electron chi connectivity index (χ3n) is 8.48. The molecular weight excluding hydrogens is 750 g/mol. The lowest BCUT2D eigenvalue weighted by Gasteiger charge is -2.28. The van der Waals surface area contributed by atoms with Gasteiger partial charge in [-0.3, -0.25) is 23.9 Å². The fourth-order valence-electron chi connectivity index (χ4n) is 5.04. The lowest BCUT2D eigenvalue weighted by atomic mass is 9.78. The number of benzene rings is 1. The summed E-state index contributed by atoms with van der Waals surface area (Å²) in [4.78, 5) is 57.1. The van der Waals surface area contributed by atoms with E-state index in [0.29, 0.717) is 42.0 Å². The molecular formula is C39H64ClN5O9S. The highest BCUT2D eigenvalue weighted by atomic mass is 35.5. The van der Waals surface area contributed by atoms with Crippen LogP contribution in [0.5, 0.6) is 5.75 Å². The number of H-pyrrole nitrogens is 1. The molecule has 1 aromatic carbocycles. The maximum absolute atomic E-state index is 11.7. The third-order valence-corrected chi connectivity index (χ3v) is 10.9. The largest absolute Gasteiger partial charge is 0.495 e. The van der Waals surface area contributed by atoms with Gasteiger partial charge in [-0.05, 0) is 95.2 Å². The van der Waals surface area contributed by atoms with E-state index in [1.54, 1.807) is 65.3 Å². The number of nitrogens with one attached hydrogen (secondary N) is 3. The van der Waals surface area contributed by atoms with E-state index in [2.05, 4.69) is 47.1 Å². The van der Waals surface area contributed by atoms with Crippen LogP contribution in [0.15, 0.2) is 41.8 Å². The van der Waals surface area contributed by atoms with Crippen LogP contribution < -0.4 is 31.8 Å². The number of primary amides is 2. The molecule has 0 spiro atoms. The van der Waals surface area contributed by atoms with E-state index < -0.39 is 26.5 Å². The molecule has 4 rings (SSSR count). The number of carbonyl (C=O) groups is 4. The molecule has 4 atom stereocenters. The van der Waals surface area contributed by atoms with Crippen molar-refractivity contribution in [2.45, 2.75) is 112 Å². The van der Waals surface area contributed by atoms with Gasteiger partial charge in [0.1, 0.15) is 11.4 Å². The van der Waals surface area contributed by atoms with Gasteiger partial charge in [0, 0.05) is 35.0 Å². The fourth-order valence-corrected chi connectivity index (χ4v) is 6.52. The predicted octanol–water partition coefficient (Wildman–Crippen LogP) is 6.20. The molecule has 0 saturated heterocycles. The number of nitrogens with two attached hydrogens (primary N) is 2. The first-order chi connectivity index (χ1) is 25.3. The number of rotatable bonds is 12. The number of halogens is 1. The number of methoxy groups -OCH3 is 1. The minimum Gasteiger partial charge on any atom is -0.495 e. The zero-order valence-corrected chi connectivity index (χ0v) is 35.9. The number of allylic oxidation sites excluding steroid dienone is 1. The molecule has 4 amide bonds. The van der Waals surface area contributed by atoms with Gasteiger partial charge < -0.3 is 31.2 Å². The molecule has 2 saturated carbocycles. The summed E-state index contributed by atoms with van der Waals surface area (Å²) in [7, 11) is -1.90. The molecule has 1 aromatic heterocycles. The van der Waals surface area contributed by atoms with E-state index in [0.717, 1.165) is 24.6 Å². The van der Waals surface area contributed by atoms with Crippen LogP contribution in [0.2, 0.25) is 5.02 Å². The first-order valence-corrected chi connectivity index (χ1v) is 20.2. The van der Waals surface area contributed by atoms with Crippen molar-refractivity contribution >= 4 is 56.7 Å². The molecule has 55 heavy (non-hydrogen) atoms. The van der Waals surface area contributed by atoms with E-state index in [1.807, 2.05) is 20.8 Å². The maximum Gasteiger partial charge on any atom is 0.405 e. The highest BCUT2D eigenvalue weighted by molar-refractivity contribution is 7.91. The molecule has 4 unspecified atom stereocenters. The van der Waals surface area contributed by atoms with Crippen molar-refractivity contribution in [1.82, 2.24) is 15.0 Å². The second-order valence-electron chi connectivity index (χ2n) is 15.7. The monoisotopic (exact) mass is 813 g/mol. The molecule has 1 heterocycles. The lowest BCUT2D eigenvalue weighted by molar-refractivity contribution is -0.124. The summed E-state index contributed by atoms with van der Waals surface area (Å²) in [6.07, 6.45) is 6.77. The van der Waals surface area contributed by atoms with Crippen LogP contribution in [0.3, 0.4) is 0 Å². The molecule has 2 aliphatic rings. The third kappa shape index (κ3) is 18.9. The van der Waals surface area contributed by atoms with Gasteiger partial charge in [0.25, 0.3) is 5.56 Å². The minimum atomic E-state index is -3.46. The van der Waals surface area contributed by atoms with Crippen molar-refractivity contribution in [1.29, 1.82) is 0 Å². The lowest BCUT2D eigenvalue weighted by Crippen LogP contribution is -2.39. The second kappa shape index (κ2) is 22.4. The topological polar surface area (TPSA) is 230 Å². The number of aromatic nitrogens is 1. The van der Waals surface area contributed by atoms with Crippen molar-refractivity contribution in [2.75, 3.05) is 13.7 Å². The summed E-state index contributed by atoms with van der Waals surface area (Å²) in [5.41, 5.74) is 9.61. The van der Waals surface area contributed by atoms with Gasteiger partial charge in [-0.1, -0.05) is 59.2 Å². The van der Waals surface area contributed by atoms with Crippen molar-refractivity contribution in [3.63, 3.8) is 0 Å². The Morgan fingerprint density at radius 2 is 1.69 bits per heavy atom. The van der Waals surface area contributed by atoms with Gasteiger partial charge in [0.2, 0.25) is 28.2 Å². The Bertz CT molecular complexity index is 1750. The zero-order chi connectivity index (χ0) is 42.9. The van der Waals surface area contributed by atoms with Crippen LogP contribution in [-0.4, -0.2) is 61.7 Å². The van der Waals surface area contributed by atoms with Crippen LogP contribution in [0.1, 0.15) is 101 Å². The van der Waals surface area contributed by atoms with E-state index in [9.17, 15) is 32.4 Å². The maximum atomic E-state index is 11.7. The van der Waals surface area contributed by atoms with Gasteiger partial charge in [0.15, 0.2) is 0 Å². The Labute approximate surface area is 331 Å². The van der Waals surface area contributed by atoms with Gasteiger partial charge in [0.05, 0.1) is 17.2 Å². The SMILES string of the molecule is C=CC1CC1C(=O)NS(=O)(=O)C1(C)CC1.CC.CC(C)(C)OC(N)=O.CC(CCNC=O)C(CC(C)(C)C)C(N)=O.COc1c[nH]c(=O)c2cc(Cl)ccc12. The number of sulfonamides is 1. The summed E-state index contributed by atoms with van der Waals surface area (Å²) in [6, 6.07) is 5.12. The summed E-state index contributed by atoms with van der Waals surface area (Å²) >= 11 is 5.79. The minimum absolute atomic E-state index is 0.0893. The van der Waals surface area contributed by atoms with E-state index >= 15 is 0 Å². The molecule has 2 aromatic rings. The van der Waals surface area contributed by atoms with Crippen LogP contribution in [0, 0.1) is 29.1 Å². The fraction of sp³-hybridized carbons (Fsp3) is 0.615. The van der Waals surface area contributed by atoms with Crippen molar-refractivity contribution in [3.05, 3.63) is 52.4 Å². The molecule has 0 aliphatic heterocycles. The first kappa shape index (κ1) is 50.9. The van der Waals surface area contributed by atoms with Crippen LogP contribution in [0.25, 0.3) is 10.8 Å². The smallest absolute Gasteiger partial charge is 0.405 e. The first-order valence-electron chi connectivity index (χ1n) is 18.3. The Morgan fingerprint density at radius 3 is 2.09 bits per heavy atom. The standard InChI is InChI=1S/C12H24N2O2.C10H8ClNO2.C10H15NO3S.C5H11NO2.C2H6/c1-9(5-6-14-8-15)10(11(13)16)7-12(2,3)4;1-14-9-5-12-10(13)8-4-6(11)2-3-7(8)9;1-3-7-6-8(7)9(12)11-15(13,14)10(2)4-5-10;1-5(2,3)8-4(6)7;1-2/h8-10H,5-7H2,1-4H3,(H2,13,16)(H,14,15);2-5H,1H3,(H,12,13);3,7-8H,1,4-6H2,2H3,(H,11,12);1-3H3,(H2,6,7);1-2H3. The molecule has 16 heteroatoms. The van der Waals surface area contributed by atoms with Crippen LogP contribution in [-0.2, 0) is 29.1 Å². The second-order valence-corrected chi connectivity index (χ2v) is 18.3. The average molecular weight is 814 g/mol. The molecule has 312 valence electrons. The zero-order valence-electron chi connectivity index (χ0n) is 34.3. The summed E-state index contributed by atoms with van der Waals surface area (Å²) in [5.74, 6) is 0.0854. The number of carbonyl (C=O) groups excluding carboxylic acids is 4. The number of aromatic amines is 1. The van der Waals surface area contributed by atoms with Crippen molar-refractivity contribution in [2.24, 2.45) is 40.6 Å². The van der Waals surface area contributed by atoms with Crippen LogP contribution in [0.4, 0.5) is 4.79 Å². The summed E-state index contributed by atoms with van der Waals surface area (Å²) in [6.45, 7) is 23.4. The highest BCUT2D eigenvalue weighted by Crippen LogP contribution is 2.44.